The number of ketones is 2. The molecule has 0 amide bonds. The predicted octanol–water partition coefficient (Wildman–Crippen LogP) is 1.67. The van der Waals surface area contributed by atoms with Gasteiger partial charge in [0.2, 0.25) is 0 Å². The zero-order valence-electron chi connectivity index (χ0n) is 16.1. The highest BCUT2D eigenvalue weighted by Crippen LogP contribution is 2.16. The van der Waals surface area contributed by atoms with Crippen LogP contribution >= 0.6 is 0 Å². The lowest BCUT2D eigenvalue weighted by Crippen LogP contribution is -2.36. The number of hydrogen-bond donors (Lipinski definition) is 1. The Labute approximate surface area is 159 Å². The molecule has 3 rings (SSSR count). The minimum atomic E-state index is -0.00823. The van der Waals surface area contributed by atoms with Crippen LogP contribution in [0.4, 0.5) is 5.69 Å². The monoisotopic (exact) mass is 372 g/mol. The van der Waals surface area contributed by atoms with E-state index in [4.69, 9.17) is 10.5 Å². The Morgan fingerprint density at radius 3 is 2.37 bits per heavy atom. The Balaban J connectivity index is 1.56. The number of nitrogens with zero attached hydrogens (tertiary/aromatic N) is 3. The van der Waals surface area contributed by atoms with Crippen molar-refractivity contribution in [2.75, 3.05) is 38.6 Å². The minimum absolute atomic E-state index is 0.00823. The second-order valence-electron chi connectivity index (χ2n) is 7.19. The van der Waals surface area contributed by atoms with Crippen molar-refractivity contribution in [1.82, 2.24) is 14.0 Å². The summed E-state index contributed by atoms with van der Waals surface area (Å²) in [5, 5.41) is 0. The summed E-state index contributed by atoms with van der Waals surface area (Å²) in [6.45, 7) is 4.34. The van der Waals surface area contributed by atoms with Gasteiger partial charge in [0, 0.05) is 52.4 Å². The van der Waals surface area contributed by atoms with Gasteiger partial charge in [-0.25, -0.2) is 0 Å². The first-order valence-corrected chi connectivity index (χ1v) is 9.37. The maximum Gasteiger partial charge on any atom is 0.183 e. The van der Waals surface area contributed by atoms with E-state index in [9.17, 15) is 9.59 Å². The van der Waals surface area contributed by atoms with E-state index in [2.05, 4.69) is 4.90 Å². The number of rotatable bonds is 8. The van der Waals surface area contributed by atoms with Crippen LogP contribution in [0, 0.1) is 0 Å². The van der Waals surface area contributed by atoms with Crippen molar-refractivity contribution >= 4 is 17.3 Å². The fraction of sp³-hybridized carbons (Fsp3) is 0.500. The summed E-state index contributed by atoms with van der Waals surface area (Å²) in [5.41, 5.74) is 8.40. The molecular weight excluding hydrogens is 344 g/mol. The average Bonchev–Trinajstić information content (AvgIpc) is 3.17. The Morgan fingerprint density at radius 1 is 1.04 bits per heavy atom. The molecule has 2 aromatic heterocycles. The van der Waals surface area contributed by atoms with Crippen LogP contribution in [-0.4, -0.2) is 58.4 Å². The summed E-state index contributed by atoms with van der Waals surface area (Å²) in [6.07, 6.45) is 5.19. The molecule has 1 aliphatic rings. The zero-order valence-corrected chi connectivity index (χ0v) is 16.1. The van der Waals surface area contributed by atoms with Crippen molar-refractivity contribution in [3.63, 3.8) is 0 Å². The van der Waals surface area contributed by atoms with Crippen molar-refractivity contribution in [3.8, 4) is 0 Å². The van der Waals surface area contributed by atoms with Crippen LogP contribution in [0.2, 0.25) is 0 Å². The molecule has 0 radical (unpaired) electrons. The third-order valence-corrected chi connectivity index (χ3v) is 5.01. The second kappa shape index (κ2) is 8.54. The maximum absolute atomic E-state index is 12.6. The maximum atomic E-state index is 12.6. The third kappa shape index (κ3) is 4.87. The Bertz CT molecular complexity index is 815. The summed E-state index contributed by atoms with van der Waals surface area (Å²) in [5.74, 6) is 0.110. The van der Waals surface area contributed by atoms with Gasteiger partial charge >= 0.3 is 0 Å². The van der Waals surface area contributed by atoms with E-state index in [-0.39, 0.29) is 18.0 Å². The number of aryl methyl sites for hydroxylation is 2. The van der Waals surface area contributed by atoms with Gasteiger partial charge in [0.05, 0.1) is 30.3 Å². The first kappa shape index (κ1) is 19.4. The summed E-state index contributed by atoms with van der Waals surface area (Å²) in [7, 11) is 3.65. The first-order valence-electron chi connectivity index (χ1n) is 9.37. The van der Waals surface area contributed by atoms with Crippen molar-refractivity contribution in [3.05, 3.63) is 41.5 Å². The standard InChI is InChI=1S/C20H28N4O3/c1-22-13-15(11-20(26)18-12-16(21)14-23(18)2)10-17(22)19(25)4-3-5-24-6-8-27-9-7-24/h10,12-14H,3-9,11,21H2,1-2H3. The van der Waals surface area contributed by atoms with Crippen LogP contribution in [0.15, 0.2) is 24.5 Å². The molecule has 27 heavy (non-hydrogen) atoms. The van der Waals surface area contributed by atoms with Crippen LogP contribution in [0.5, 0.6) is 0 Å². The molecule has 1 fully saturated rings. The van der Waals surface area contributed by atoms with Gasteiger partial charge in [0.15, 0.2) is 11.6 Å². The number of morpholine rings is 1. The topological polar surface area (TPSA) is 82.5 Å². The molecule has 3 heterocycles. The molecule has 0 aromatic carbocycles. The lowest BCUT2D eigenvalue weighted by Gasteiger charge is -2.26. The Morgan fingerprint density at radius 2 is 1.70 bits per heavy atom. The highest BCUT2D eigenvalue weighted by atomic mass is 16.5. The highest BCUT2D eigenvalue weighted by Gasteiger charge is 2.17. The number of nitrogen functional groups attached to an aromatic ring is 1. The summed E-state index contributed by atoms with van der Waals surface area (Å²) in [6, 6.07) is 3.52. The number of anilines is 1. The van der Waals surface area contributed by atoms with Gasteiger partial charge in [-0.3, -0.25) is 14.5 Å². The number of hydrogen-bond acceptors (Lipinski definition) is 5. The zero-order chi connectivity index (χ0) is 19.4. The van der Waals surface area contributed by atoms with Gasteiger partial charge in [-0.1, -0.05) is 0 Å². The molecule has 0 aliphatic carbocycles. The number of carbonyl (C=O) groups is 2. The molecule has 2 N–H and O–H groups in total. The number of nitrogens with two attached hydrogens (primary N) is 1. The van der Waals surface area contributed by atoms with Gasteiger partial charge in [-0.15, -0.1) is 0 Å². The molecular formula is C20H28N4O3. The van der Waals surface area contributed by atoms with E-state index in [1.54, 1.807) is 23.9 Å². The molecule has 1 aliphatic heterocycles. The van der Waals surface area contributed by atoms with E-state index >= 15 is 0 Å². The van der Waals surface area contributed by atoms with Gasteiger partial charge in [-0.2, -0.15) is 0 Å². The first-order chi connectivity index (χ1) is 12.9. The third-order valence-electron chi connectivity index (χ3n) is 5.01. The largest absolute Gasteiger partial charge is 0.397 e. The van der Waals surface area contributed by atoms with Gasteiger partial charge in [-0.05, 0) is 30.7 Å². The Hall–Kier alpha value is -2.38. The van der Waals surface area contributed by atoms with Crippen molar-refractivity contribution in [1.29, 1.82) is 0 Å². The van der Waals surface area contributed by atoms with Crippen LogP contribution in [-0.2, 0) is 25.3 Å². The number of Topliss-reactive ketones (excluding diaryl/α,β-unsaturated/α-hetero) is 2. The van der Waals surface area contributed by atoms with E-state index in [1.807, 2.05) is 23.9 Å². The highest BCUT2D eigenvalue weighted by molar-refractivity contribution is 5.98. The smallest absolute Gasteiger partial charge is 0.183 e. The fourth-order valence-electron chi connectivity index (χ4n) is 3.57. The van der Waals surface area contributed by atoms with Crippen LogP contribution < -0.4 is 5.73 Å². The van der Waals surface area contributed by atoms with E-state index < -0.39 is 0 Å². The van der Waals surface area contributed by atoms with E-state index in [0.717, 1.165) is 44.8 Å². The molecule has 0 spiro atoms. The molecule has 146 valence electrons. The average molecular weight is 372 g/mol. The molecule has 0 atom stereocenters. The minimum Gasteiger partial charge on any atom is -0.397 e. The molecule has 7 heteroatoms. The van der Waals surface area contributed by atoms with Crippen molar-refractivity contribution in [2.24, 2.45) is 14.1 Å². The van der Waals surface area contributed by atoms with E-state index in [1.165, 1.54) is 0 Å². The van der Waals surface area contributed by atoms with Crippen LogP contribution in [0.3, 0.4) is 0 Å². The van der Waals surface area contributed by atoms with Crippen molar-refractivity contribution in [2.45, 2.75) is 19.3 Å². The summed E-state index contributed by atoms with van der Waals surface area (Å²) < 4.78 is 8.89. The molecule has 0 bridgehead atoms. The number of carbonyl (C=O) groups excluding carboxylic acids is 2. The summed E-state index contributed by atoms with van der Waals surface area (Å²) >= 11 is 0. The summed E-state index contributed by atoms with van der Waals surface area (Å²) in [4.78, 5) is 27.4. The molecule has 0 unspecified atom stereocenters. The van der Waals surface area contributed by atoms with Gasteiger partial charge in [0.25, 0.3) is 0 Å². The normalized spacial score (nSPS) is 15.2. The predicted molar refractivity (Wildman–Crippen MR) is 104 cm³/mol. The number of aromatic nitrogens is 2. The fourth-order valence-corrected chi connectivity index (χ4v) is 3.57. The molecule has 2 aromatic rings. The molecule has 0 saturated carbocycles. The van der Waals surface area contributed by atoms with Crippen LogP contribution in [0.25, 0.3) is 0 Å². The lowest BCUT2D eigenvalue weighted by molar-refractivity contribution is 0.0371. The van der Waals surface area contributed by atoms with E-state index in [0.29, 0.717) is 23.5 Å². The molecule has 7 nitrogen and oxygen atoms in total. The second-order valence-corrected chi connectivity index (χ2v) is 7.19. The lowest BCUT2D eigenvalue weighted by atomic mass is 10.1. The van der Waals surface area contributed by atoms with Crippen LogP contribution in [0.1, 0.15) is 39.4 Å². The van der Waals surface area contributed by atoms with Crippen molar-refractivity contribution < 1.29 is 14.3 Å². The quantitative estimate of drug-likeness (QED) is 0.713. The SMILES string of the molecule is Cn1cc(CC(=O)c2cc(N)cn2C)cc1C(=O)CCCN1CCOCC1. The molecule has 1 saturated heterocycles. The number of ether oxygens (including phenoxy) is 1. The van der Waals surface area contributed by atoms with Gasteiger partial charge in [0.1, 0.15) is 0 Å². The Kier molecular flexibility index (Phi) is 6.13. The van der Waals surface area contributed by atoms with Gasteiger partial charge < -0.3 is 19.6 Å².